The molecule has 4 nitrogen and oxygen atoms in total. The van der Waals surface area contributed by atoms with Crippen molar-refractivity contribution in [3.05, 3.63) is 54.6 Å². The summed E-state index contributed by atoms with van der Waals surface area (Å²) in [5, 5.41) is 0. The summed E-state index contributed by atoms with van der Waals surface area (Å²) in [6, 6.07) is 17.1. The van der Waals surface area contributed by atoms with Crippen LogP contribution in [0.3, 0.4) is 0 Å². The van der Waals surface area contributed by atoms with Crippen LogP contribution in [-0.2, 0) is 10.0 Å². The van der Waals surface area contributed by atoms with Gasteiger partial charge in [-0.25, -0.2) is 8.42 Å². The zero-order chi connectivity index (χ0) is 17.2. The van der Waals surface area contributed by atoms with Gasteiger partial charge in [-0.1, -0.05) is 36.0 Å². The molecule has 24 heavy (non-hydrogen) atoms. The molecule has 0 saturated carbocycles. The summed E-state index contributed by atoms with van der Waals surface area (Å²) in [6.07, 6.45) is 0.829. The molecule has 1 fully saturated rings. The van der Waals surface area contributed by atoms with E-state index in [1.165, 1.54) is 0 Å². The molecule has 128 valence electrons. The smallest absolute Gasteiger partial charge is 0.243 e. The minimum absolute atomic E-state index is 0.0187. The Morgan fingerprint density at radius 2 is 1.83 bits per heavy atom. The monoisotopic (exact) mass is 362 g/mol. The van der Waals surface area contributed by atoms with Crippen LogP contribution in [0.1, 0.15) is 13.3 Å². The van der Waals surface area contributed by atoms with Crippen LogP contribution in [0.15, 0.2) is 69.3 Å². The molecule has 6 heteroatoms. The SMILES string of the molecule is CC(N)C1CCN(S(=O)(=O)c2cccc(Sc3ccccc3)c2)C1. The zero-order valence-electron chi connectivity index (χ0n) is 13.6. The van der Waals surface area contributed by atoms with Gasteiger partial charge in [-0.15, -0.1) is 0 Å². The molecule has 1 aliphatic rings. The van der Waals surface area contributed by atoms with Crippen LogP contribution in [0.4, 0.5) is 0 Å². The minimum Gasteiger partial charge on any atom is -0.328 e. The van der Waals surface area contributed by atoms with Crippen LogP contribution in [-0.4, -0.2) is 31.9 Å². The molecule has 0 radical (unpaired) electrons. The second kappa shape index (κ2) is 7.27. The largest absolute Gasteiger partial charge is 0.328 e. The molecule has 0 bridgehead atoms. The summed E-state index contributed by atoms with van der Waals surface area (Å²) in [6.45, 7) is 3.00. The lowest BCUT2D eigenvalue weighted by Gasteiger charge is -2.18. The van der Waals surface area contributed by atoms with Gasteiger partial charge in [0.05, 0.1) is 4.90 Å². The van der Waals surface area contributed by atoms with Gasteiger partial charge in [0.15, 0.2) is 0 Å². The normalized spacial score (nSPS) is 20.2. The standard InChI is InChI=1S/C18H22N2O2S2/c1-14(19)15-10-11-20(13-15)24(21,22)18-9-5-8-17(12-18)23-16-6-3-2-4-7-16/h2-9,12,14-15H,10-11,13,19H2,1H3. The molecule has 2 N–H and O–H groups in total. The molecule has 1 heterocycles. The Bertz CT molecular complexity index is 792. The van der Waals surface area contributed by atoms with E-state index in [2.05, 4.69) is 0 Å². The zero-order valence-corrected chi connectivity index (χ0v) is 15.3. The number of rotatable bonds is 5. The van der Waals surface area contributed by atoms with E-state index in [4.69, 9.17) is 5.73 Å². The molecule has 2 aromatic carbocycles. The van der Waals surface area contributed by atoms with Crippen molar-refractivity contribution in [3.63, 3.8) is 0 Å². The van der Waals surface area contributed by atoms with Gasteiger partial charge in [-0.05, 0) is 49.6 Å². The highest BCUT2D eigenvalue weighted by Gasteiger charge is 2.33. The first-order chi connectivity index (χ1) is 11.5. The van der Waals surface area contributed by atoms with Crippen molar-refractivity contribution in [1.82, 2.24) is 4.31 Å². The molecule has 2 atom stereocenters. The Kier molecular flexibility index (Phi) is 5.30. The Labute approximate surface area is 148 Å². The highest BCUT2D eigenvalue weighted by Crippen LogP contribution is 2.31. The maximum atomic E-state index is 12.9. The Morgan fingerprint density at radius 1 is 1.12 bits per heavy atom. The Balaban J connectivity index is 1.80. The molecule has 3 rings (SSSR count). The first-order valence-electron chi connectivity index (χ1n) is 8.05. The van der Waals surface area contributed by atoms with Crippen LogP contribution in [0, 0.1) is 5.92 Å². The first kappa shape index (κ1) is 17.5. The summed E-state index contributed by atoms with van der Waals surface area (Å²) in [4.78, 5) is 2.37. The predicted octanol–water partition coefficient (Wildman–Crippen LogP) is 3.20. The van der Waals surface area contributed by atoms with E-state index in [1.54, 1.807) is 34.3 Å². The highest BCUT2D eigenvalue weighted by molar-refractivity contribution is 7.99. The van der Waals surface area contributed by atoms with Gasteiger partial charge in [0.2, 0.25) is 10.0 Å². The van der Waals surface area contributed by atoms with Gasteiger partial charge >= 0.3 is 0 Å². The number of nitrogens with two attached hydrogens (primary N) is 1. The summed E-state index contributed by atoms with van der Waals surface area (Å²) >= 11 is 1.56. The second-order valence-corrected chi connectivity index (χ2v) is 9.25. The third kappa shape index (κ3) is 3.83. The number of hydrogen-bond donors (Lipinski definition) is 1. The van der Waals surface area contributed by atoms with Gasteiger partial charge < -0.3 is 5.73 Å². The molecular formula is C18H22N2O2S2. The van der Waals surface area contributed by atoms with Gasteiger partial charge in [0.1, 0.15) is 0 Å². The first-order valence-corrected chi connectivity index (χ1v) is 10.3. The molecule has 0 spiro atoms. The third-order valence-corrected chi connectivity index (χ3v) is 7.21. The maximum Gasteiger partial charge on any atom is 0.243 e. The van der Waals surface area contributed by atoms with E-state index in [9.17, 15) is 8.42 Å². The highest BCUT2D eigenvalue weighted by atomic mass is 32.2. The van der Waals surface area contributed by atoms with Gasteiger partial charge in [0, 0.05) is 28.9 Å². The van der Waals surface area contributed by atoms with Crippen LogP contribution in [0.2, 0.25) is 0 Å². The quantitative estimate of drug-likeness (QED) is 0.887. The van der Waals surface area contributed by atoms with E-state index in [0.717, 1.165) is 16.2 Å². The van der Waals surface area contributed by atoms with Crippen LogP contribution in [0.5, 0.6) is 0 Å². The number of sulfonamides is 1. The summed E-state index contributed by atoms with van der Waals surface area (Å²) < 4.78 is 27.3. The van der Waals surface area contributed by atoms with E-state index >= 15 is 0 Å². The molecule has 0 amide bonds. The lowest BCUT2D eigenvalue weighted by atomic mass is 10.0. The maximum absolute atomic E-state index is 12.9. The van der Waals surface area contributed by atoms with Gasteiger partial charge in [-0.3, -0.25) is 0 Å². The summed E-state index contributed by atoms with van der Waals surface area (Å²) in [7, 11) is -3.46. The average Bonchev–Trinajstić information content (AvgIpc) is 3.07. The van der Waals surface area contributed by atoms with Crippen LogP contribution >= 0.6 is 11.8 Å². The molecule has 1 aliphatic heterocycles. The molecule has 1 saturated heterocycles. The molecule has 2 aromatic rings. The van der Waals surface area contributed by atoms with Gasteiger partial charge in [-0.2, -0.15) is 4.31 Å². The van der Waals surface area contributed by atoms with Crippen molar-refractivity contribution in [3.8, 4) is 0 Å². The topological polar surface area (TPSA) is 63.4 Å². The lowest BCUT2D eigenvalue weighted by Crippen LogP contribution is -2.33. The summed E-state index contributed by atoms with van der Waals surface area (Å²) in [5.74, 6) is 0.238. The lowest BCUT2D eigenvalue weighted by molar-refractivity contribution is 0.429. The van der Waals surface area contributed by atoms with Gasteiger partial charge in [0.25, 0.3) is 0 Å². The van der Waals surface area contributed by atoms with Crippen molar-refractivity contribution in [2.24, 2.45) is 11.7 Å². The van der Waals surface area contributed by atoms with Crippen molar-refractivity contribution in [1.29, 1.82) is 0 Å². The molecular weight excluding hydrogens is 340 g/mol. The third-order valence-electron chi connectivity index (χ3n) is 4.35. The van der Waals surface area contributed by atoms with Crippen molar-refractivity contribution in [2.45, 2.75) is 34.1 Å². The number of hydrogen-bond acceptors (Lipinski definition) is 4. The van der Waals surface area contributed by atoms with Crippen molar-refractivity contribution >= 4 is 21.8 Å². The van der Waals surface area contributed by atoms with E-state index in [-0.39, 0.29) is 12.0 Å². The van der Waals surface area contributed by atoms with Crippen molar-refractivity contribution in [2.75, 3.05) is 13.1 Å². The van der Waals surface area contributed by atoms with Crippen molar-refractivity contribution < 1.29 is 8.42 Å². The van der Waals surface area contributed by atoms with E-state index in [1.807, 2.05) is 43.3 Å². The average molecular weight is 363 g/mol. The fourth-order valence-corrected chi connectivity index (χ4v) is 5.40. The Morgan fingerprint density at radius 3 is 2.50 bits per heavy atom. The second-order valence-electron chi connectivity index (χ2n) is 6.16. The van der Waals surface area contributed by atoms with E-state index < -0.39 is 10.0 Å². The van der Waals surface area contributed by atoms with E-state index in [0.29, 0.717) is 18.0 Å². The fraction of sp³-hybridized carbons (Fsp3) is 0.333. The molecule has 2 unspecified atom stereocenters. The molecule has 0 aliphatic carbocycles. The van der Waals surface area contributed by atoms with Crippen LogP contribution in [0.25, 0.3) is 0 Å². The predicted molar refractivity (Wildman–Crippen MR) is 97.5 cm³/mol. The Hall–Kier alpha value is -1.34. The molecule has 0 aromatic heterocycles. The minimum atomic E-state index is -3.46. The fourth-order valence-electron chi connectivity index (χ4n) is 2.87. The number of benzene rings is 2. The number of nitrogens with zero attached hydrogens (tertiary/aromatic N) is 1. The summed E-state index contributed by atoms with van der Waals surface area (Å²) in [5.41, 5.74) is 5.93. The van der Waals surface area contributed by atoms with Crippen LogP contribution < -0.4 is 5.73 Å².